The second kappa shape index (κ2) is 8.30. The molecule has 1 aliphatic carbocycles. The van der Waals surface area contributed by atoms with Crippen LogP contribution in [-0.4, -0.2) is 5.12 Å². The molecule has 0 saturated heterocycles. The average Bonchev–Trinajstić information content (AvgIpc) is 3.47. The summed E-state index contributed by atoms with van der Waals surface area (Å²) in [6, 6.07) is 10.7. The fourth-order valence-electron chi connectivity index (χ4n) is 3.34. The van der Waals surface area contributed by atoms with Crippen LogP contribution in [0.4, 0.5) is 0 Å². The van der Waals surface area contributed by atoms with Crippen LogP contribution in [0.3, 0.4) is 0 Å². The minimum atomic E-state index is 0.207. The molecule has 0 unspecified atom stereocenters. The summed E-state index contributed by atoms with van der Waals surface area (Å²) in [5, 5.41) is 0.207. The first-order chi connectivity index (χ1) is 12.5. The summed E-state index contributed by atoms with van der Waals surface area (Å²) in [4.78, 5) is 13.1. The van der Waals surface area contributed by atoms with Crippen LogP contribution >= 0.6 is 11.8 Å². The predicted molar refractivity (Wildman–Crippen MR) is 109 cm³/mol. The van der Waals surface area contributed by atoms with Crippen molar-refractivity contribution in [2.75, 3.05) is 0 Å². The summed E-state index contributed by atoms with van der Waals surface area (Å²) in [5.74, 6) is 1.58. The lowest BCUT2D eigenvalue weighted by atomic mass is 10.0. The number of aryl methyl sites for hydroxylation is 3. The van der Waals surface area contributed by atoms with Gasteiger partial charge in [-0.05, 0) is 73.4 Å². The molecule has 0 atom stereocenters. The molecule has 0 bridgehead atoms. The van der Waals surface area contributed by atoms with Crippen LogP contribution in [0.2, 0.25) is 0 Å². The van der Waals surface area contributed by atoms with Gasteiger partial charge in [0, 0.05) is 16.9 Å². The van der Waals surface area contributed by atoms with Crippen molar-refractivity contribution in [1.82, 2.24) is 0 Å². The van der Waals surface area contributed by atoms with Crippen LogP contribution < -0.4 is 4.74 Å². The Morgan fingerprint density at radius 2 is 1.92 bits per heavy atom. The van der Waals surface area contributed by atoms with E-state index in [0.717, 1.165) is 17.1 Å². The van der Waals surface area contributed by atoms with Gasteiger partial charge in [-0.15, -0.1) is 0 Å². The Hall–Kier alpha value is -1.74. The number of hydrogen-bond donors (Lipinski definition) is 0. The van der Waals surface area contributed by atoms with E-state index in [9.17, 15) is 4.79 Å². The van der Waals surface area contributed by atoms with E-state index in [1.807, 2.05) is 6.92 Å². The molecule has 1 saturated carbocycles. The Morgan fingerprint density at radius 3 is 2.58 bits per heavy atom. The molecule has 3 heteroatoms. The molecule has 0 heterocycles. The first-order valence-electron chi connectivity index (χ1n) is 9.58. The van der Waals surface area contributed by atoms with Crippen LogP contribution in [0.25, 0.3) is 0 Å². The van der Waals surface area contributed by atoms with E-state index < -0.39 is 0 Å². The van der Waals surface area contributed by atoms with E-state index in [-0.39, 0.29) is 5.12 Å². The third-order valence-electron chi connectivity index (χ3n) is 5.09. The lowest BCUT2D eigenvalue weighted by Crippen LogP contribution is -2.04. The predicted octanol–water partition coefficient (Wildman–Crippen LogP) is 6.35. The Labute approximate surface area is 161 Å². The van der Waals surface area contributed by atoms with Gasteiger partial charge in [0.2, 0.25) is 0 Å². The van der Waals surface area contributed by atoms with E-state index >= 15 is 0 Å². The zero-order valence-electron chi connectivity index (χ0n) is 16.2. The highest BCUT2D eigenvalue weighted by molar-refractivity contribution is 8.13. The van der Waals surface area contributed by atoms with Crippen molar-refractivity contribution < 1.29 is 9.53 Å². The monoisotopic (exact) mass is 368 g/mol. The standard InChI is InChI=1S/C23H28O2S/c1-5-17-12-16(4)21(13-15(17)3)25-14-20-19(18-10-11-18)8-7-9-22(20)26-23(24)6-2/h7-9,12-13,18H,5-6,10-11,14H2,1-4H3. The molecule has 0 radical (unpaired) electrons. The highest BCUT2D eigenvalue weighted by atomic mass is 32.2. The molecule has 1 fully saturated rings. The third-order valence-corrected chi connectivity index (χ3v) is 6.20. The lowest BCUT2D eigenvalue weighted by Gasteiger charge is -2.17. The fourth-order valence-corrected chi connectivity index (χ4v) is 4.18. The highest BCUT2D eigenvalue weighted by Crippen LogP contribution is 2.44. The first-order valence-corrected chi connectivity index (χ1v) is 10.4. The molecular formula is C23H28O2S. The molecule has 2 aromatic carbocycles. The van der Waals surface area contributed by atoms with Gasteiger partial charge in [-0.1, -0.05) is 43.8 Å². The van der Waals surface area contributed by atoms with Crippen LogP contribution in [0.5, 0.6) is 5.75 Å². The second-order valence-corrected chi connectivity index (χ2v) is 8.21. The zero-order valence-corrected chi connectivity index (χ0v) is 17.0. The zero-order chi connectivity index (χ0) is 18.7. The third kappa shape index (κ3) is 4.32. The first kappa shape index (κ1) is 19.0. The maximum Gasteiger partial charge on any atom is 0.193 e. The molecule has 0 aliphatic heterocycles. The van der Waals surface area contributed by atoms with E-state index in [1.54, 1.807) is 0 Å². The van der Waals surface area contributed by atoms with Crippen molar-refractivity contribution in [2.24, 2.45) is 0 Å². The minimum absolute atomic E-state index is 0.207. The molecule has 3 rings (SSSR count). The number of ether oxygens (including phenoxy) is 1. The molecule has 2 nitrogen and oxygen atoms in total. The van der Waals surface area contributed by atoms with Crippen LogP contribution in [0.15, 0.2) is 35.2 Å². The topological polar surface area (TPSA) is 26.3 Å². The second-order valence-electron chi connectivity index (χ2n) is 7.11. The summed E-state index contributed by atoms with van der Waals surface area (Å²) in [6.07, 6.45) is 4.07. The van der Waals surface area contributed by atoms with Crippen molar-refractivity contribution >= 4 is 16.9 Å². The smallest absolute Gasteiger partial charge is 0.193 e. The largest absolute Gasteiger partial charge is 0.489 e. The van der Waals surface area contributed by atoms with Gasteiger partial charge in [0.25, 0.3) is 0 Å². The molecule has 26 heavy (non-hydrogen) atoms. The maximum absolute atomic E-state index is 12.0. The summed E-state index contributed by atoms with van der Waals surface area (Å²) >= 11 is 1.36. The van der Waals surface area contributed by atoms with Crippen molar-refractivity contribution in [1.29, 1.82) is 0 Å². The molecule has 1 aliphatic rings. The Morgan fingerprint density at radius 1 is 1.15 bits per heavy atom. The molecule has 0 spiro atoms. The SMILES string of the molecule is CCC(=O)Sc1cccc(C2CC2)c1COc1cc(C)c(CC)cc1C. The van der Waals surface area contributed by atoms with E-state index in [4.69, 9.17) is 4.74 Å². The number of carbonyl (C=O) groups excluding carboxylic acids is 1. The summed E-state index contributed by atoms with van der Waals surface area (Å²) in [7, 11) is 0. The van der Waals surface area contributed by atoms with Gasteiger partial charge in [0.15, 0.2) is 5.12 Å². The van der Waals surface area contributed by atoms with Gasteiger partial charge in [-0.25, -0.2) is 0 Å². The van der Waals surface area contributed by atoms with Crippen LogP contribution in [0, 0.1) is 13.8 Å². The summed E-state index contributed by atoms with van der Waals surface area (Å²) < 4.78 is 6.25. The Balaban J connectivity index is 1.87. The molecule has 2 aromatic rings. The molecule has 0 amide bonds. The summed E-state index contributed by atoms with van der Waals surface area (Å²) in [6.45, 7) is 8.87. The van der Waals surface area contributed by atoms with Crippen molar-refractivity contribution in [3.8, 4) is 5.75 Å². The van der Waals surface area contributed by atoms with Gasteiger partial charge in [0.1, 0.15) is 12.4 Å². The van der Waals surface area contributed by atoms with Gasteiger partial charge < -0.3 is 4.74 Å². The van der Waals surface area contributed by atoms with Gasteiger partial charge in [0.05, 0.1) is 0 Å². The van der Waals surface area contributed by atoms with E-state index in [0.29, 0.717) is 18.9 Å². The van der Waals surface area contributed by atoms with Crippen LogP contribution in [-0.2, 0) is 17.8 Å². The number of hydrogen-bond acceptors (Lipinski definition) is 3. The molecule has 138 valence electrons. The number of thioether (sulfide) groups is 1. The molecular weight excluding hydrogens is 340 g/mol. The molecule has 0 aromatic heterocycles. The lowest BCUT2D eigenvalue weighted by molar-refractivity contribution is -0.110. The van der Waals surface area contributed by atoms with E-state index in [2.05, 4.69) is 51.1 Å². The fraction of sp³-hybridized carbons (Fsp3) is 0.435. The van der Waals surface area contributed by atoms with Crippen molar-refractivity contribution in [3.63, 3.8) is 0 Å². The Kier molecular flexibility index (Phi) is 6.08. The Bertz CT molecular complexity index is 806. The number of benzene rings is 2. The number of rotatable bonds is 7. The van der Waals surface area contributed by atoms with E-state index in [1.165, 1.54) is 52.4 Å². The van der Waals surface area contributed by atoms with Crippen molar-refractivity contribution in [2.45, 2.75) is 70.8 Å². The van der Waals surface area contributed by atoms with Crippen LogP contribution in [0.1, 0.15) is 66.8 Å². The average molecular weight is 369 g/mol. The number of carbonyl (C=O) groups is 1. The van der Waals surface area contributed by atoms with Gasteiger partial charge in [-0.3, -0.25) is 4.79 Å². The normalized spacial score (nSPS) is 13.7. The van der Waals surface area contributed by atoms with Gasteiger partial charge in [-0.2, -0.15) is 0 Å². The summed E-state index contributed by atoms with van der Waals surface area (Å²) in [5.41, 5.74) is 6.38. The quantitative estimate of drug-likeness (QED) is 0.533. The minimum Gasteiger partial charge on any atom is -0.489 e. The van der Waals surface area contributed by atoms with Crippen molar-refractivity contribution in [3.05, 3.63) is 58.1 Å². The highest BCUT2D eigenvalue weighted by Gasteiger charge is 2.27. The van der Waals surface area contributed by atoms with Gasteiger partial charge >= 0.3 is 0 Å². The molecule has 0 N–H and O–H groups in total. The maximum atomic E-state index is 12.0.